The summed E-state index contributed by atoms with van der Waals surface area (Å²) >= 11 is 0. The first-order valence-corrected chi connectivity index (χ1v) is 7.86. The zero-order valence-corrected chi connectivity index (χ0v) is 13.8. The third kappa shape index (κ3) is 4.79. The maximum atomic E-state index is 12.0. The van der Waals surface area contributed by atoms with Gasteiger partial charge in [-0.25, -0.2) is 17.7 Å². The minimum Gasteiger partial charge on any atom is -0.343 e. The highest BCUT2D eigenvalue weighted by atomic mass is 32.2. The van der Waals surface area contributed by atoms with Gasteiger partial charge in [0.1, 0.15) is 0 Å². The topological polar surface area (TPSA) is 98.8 Å². The summed E-state index contributed by atoms with van der Waals surface area (Å²) in [4.78, 5) is 23.4. The van der Waals surface area contributed by atoms with Gasteiger partial charge in [-0.15, -0.1) is 0 Å². The van der Waals surface area contributed by atoms with E-state index in [1.807, 2.05) is 0 Å². The lowest BCUT2D eigenvalue weighted by molar-refractivity contribution is -0.123. The van der Waals surface area contributed by atoms with Gasteiger partial charge in [-0.3, -0.25) is 15.0 Å². The van der Waals surface area contributed by atoms with E-state index < -0.39 is 15.9 Å². The second-order valence-corrected chi connectivity index (χ2v) is 7.08. The van der Waals surface area contributed by atoms with Gasteiger partial charge in [0, 0.05) is 33.8 Å². The molecule has 2 amide bonds. The molecule has 0 fully saturated rings. The van der Waals surface area contributed by atoms with Gasteiger partial charge in [-0.05, 0) is 18.2 Å². The average molecular weight is 328 g/mol. The van der Waals surface area contributed by atoms with Crippen LogP contribution in [-0.2, 0) is 14.8 Å². The van der Waals surface area contributed by atoms with Gasteiger partial charge in [0.15, 0.2) is 0 Å². The standard InChI is InChI=1S/C13H20N4O4S/c1-16(2)15-12(18)9-14-13(19)10-6-5-7-11(8-10)22(20,21)17(3)4/h5-8H,9H2,1-4H3,(H,14,19)(H,15,18). The second kappa shape index (κ2) is 7.34. The summed E-state index contributed by atoms with van der Waals surface area (Å²) in [5, 5.41) is 3.88. The summed E-state index contributed by atoms with van der Waals surface area (Å²) in [5.41, 5.74) is 2.64. The molecular weight excluding hydrogens is 308 g/mol. The summed E-state index contributed by atoms with van der Waals surface area (Å²) in [5.74, 6) is -0.903. The normalized spacial score (nSPS) is 11.5. The smallest absolute Gasteiger partial charge is 0.253 e. The van der Waals surface area contributed by atoms with Crippen LogP contribution >= 0.6 is 0 Å². The maximum absolute atomic E-state index is 12.0. The SMILES string of the molecule is CN(C)NC(=O)CNC(=O)c1cccc(S(=O)(=O)N(C)C)c1. The van der Waals surface area contributed by atoms with Crippen LogP contribution in [0.5, 0.6) is 0 Å². The molecule has 0 atom stereocenters. The summed E-state index contributed by atoms with van der Waals surface area (Å²) in [7, 11) is 2.50. The molecule has 0 heterocycles. The molecule has 0 saturated heterocycles. The number of hydrazine groups is 1. The minimum absolute atomic E-state index is 0.0166. The summed E-state index contributed by atoms with van der Waals surface area (Å²) in [6.45, 7) is -0.207. The molecular formula is C13H20N4O4S. The molecule has 0 unspecified atom stereocenters. The van der Waals surface area contributed by atoms with Crippen LogP contribution in [0.2, 0.25) is 0 Å². The first-order chi connectivity index (χ1) is 10.1. The van der Waals surface area contributed by atoms with Gasteiger partial charge in [0.2, 0.25) is 10.0 Å². The number of sulfonamides is 1. The lowest BCUT2D eigenvalue weighted by Gasteiger charge is -2.13. The highest BCUT2D eigenvalue weighted by Gasteiger charge is 2.18. The van der Waals surface area contributed by atoms with Crippen molar-refractivity contribution in [3.8, 4) is 0 Å². The molecule has 1 aromatic rings. The Bertz CT molecular complexity index is 656. The van der Waals surface area contributed by atoms with Gasteiger partial charge in [-0.1, -0.05) is 6.07 Å². The maximum Gasteiger partial charge on any atom is 0.253 e. The fourth-order valence-electron chi connectivity index (χ4n) is 1.56. The van der Waals surface area contributed by atoms with E-state index >= 15 is 0 Å². The molecule has 1 rings (SSSR count). The number of amides is 2. The van der Waals surface area contributed by atoms with Gasteiger partial charge in [0.05, 0.1) is 11.4 Å². The Morgan fingerprint density at radius 3 is 2.32 bits per heavy atom. The molecule has 0 aliphatic heterocycles. The van der Waals surface area contributed by atoms with E-state index in [0.717, 1.165) is 4.31 Å². The number of carbonyl (C=O) groups excluding carboxylic acids is 2. The van der Waals surface area contributed by atoms with E-state index in [4.69, 9.17) is 0 Å². The van der Waals surface area contributed by atoms with Crippen molar-refractivity contribution >= 4 is 21.8 Å². The van der Waals surface area contributed by atoms with E-state index in [9.17, 15) is 18.0 Å². The second-order valence-electron chi connectivity index (χ2n) is 4.93. The molecule has 2 N–H and O–H groups in total. The van der Waals surface area contributed by atoms with Crippen molar-refractivity contribution in [2.24, 2.45) is 0 Å². The third-order valence-electron chi connectivity index (χ3n) is 2.63. The largest absolute Gasteiger partial charge is 0.343 e. The predicted octanol–water partition coefficient (Wildman–Crippen LogP) is -0.740. The van der Waals surface area contributed by atoms with Crippen LogP contribution in [0.3, 0.4) is 0 Å². The van der Waals surface area contributed by atoms with E-state index in [1.54, 1.807) is 14.1 Å². The molecule has 0 aromatic heterocycles. The van der Waals surface area contributed by atoms with E-state index in [2.05, 4.69) is 10.7 Å². The third-order valence-corrected chi connectivity index (χ3v) is 4.44. The Kier molecular flexibility index (Phi) is 6.03. The Hall–Kier alpha value is -1.97. The average Bonchev–Trinajstić information content (AvgIpc) is 2.44. The molecule has 22 heavy (non-hydrogen) atoms. The van der Waals surface area contributed by atoms with Crippen molar-refractivity contribution < 1.29 is 18.0 Å². The van der Waals surface area contributed by atoms with Gasteiger partial charge in [-0.2, -0.15) is 0 Å². The first-order valence-electron chi connectivity index (χ1n) is 6.42. The highest BCUT2D eigenvalue weighted by Crippen LogP contribution is 2.14. The number of rotatable bonds is 6. The van der Waals surface area contributed by atoms with Crippen molar-refractivity contribution in [1.82, 2.24) is 20.1 Å². The van der Waals surface area contributed by atoms with Crippen molar-refractivity contribution in [1.29, 1.82) is 0 Å². The van der Waals surface area contributed by atoms with Crippen molar-refractivity contribution in [3.05, 3.63) is 29.8 Å². The highest BCUT2D eigenvalue weighted by molar-refractivity contribution is 7.89. The van der Waals surface area contributed by atoms with Crippen molar-refractivity contribution in [3.63, 3.8) is 0 Å². The number of carbonyl (C=O) groups is 2. The van der Waals surface area contributed by atoms with Crippen molar-refractivity contribution in [2.75, 3.05) is 34.7 Å². The van der Waals surface area contributed by atoms with Gasteiger partial charge < -0.3 is 5.32 Å². The lowest BCUT2D eigenvalue weighted by atomic mass is 10.2. The summed E-state index contributed by atoms with van der Waals surface area (Å²) in [6.07, 6.45) is 0. The summed E-state index contributed by atoms with van der Waals surface area (Å²) < 4.78 is 25.1. The molecule has 9 heteroatoms. The zero-order valence-electron chi connectivity index (χ0n) is 13.0. The van der Waals surface area contributed by atoms with Crippen LogP contribution in [0.25, 0.3) is 0 Å². The molecule has 0 saturated carbocycles. The Morgan fingerprint density at radius 2 is 1.77 bits per heavy atom. The van der Waals surface area contributed by atoms with Crippen molar-refractivity contribution in [2.45, 2.75) is 4.90 Å². The van der Waals surface area contributed by atoms with E-state index in [1.165, 1.54) is 43.4 Å². The Morgan fingerprint density at radius 1 is 1.14 bits per heavy atom. The van der Waals surface area contributed by atoms with Crippen LogP contribution in [0.15, 0.2) is 29.2 Å². The molecule has 8 nitrogen and oxygen atoms in total. The van der Waals surface area contributed by atoms with Crippen LogP contribution < -0.4 is 10.7 Å². The number of hydrogen-bond acceptors (Lipinski definition) is 5. The molecule has 122 valence electrons. The number of nitrogens with zero attached hydrogens (tertiary/aromatic N) is 2. The van der Waals surface area contributed by atoms with Gasteiger partial charge in [0.25, 0.3) is 11.8 Å². The molecule has 0 radical (unpaired) electrons. The van der Waals surface area contributed by atoms with Crippen LogP contribution in [0, 0.1) is 0 Å². The van der Waals surface area contributed by atoms with Crippen LogP contribution in [0.4, 0.5) is 0 Å². The quantitative estimate of drug-likeness (QED) is 0.670. The lowest BCUT2D eigenvalue weighted by Crippen LogP contribution is -2.43. The first kappa shape index (κ1) is 18.1. The van der Waals surface area contributed by atoms with E-state index in [-0.39, 0.29) is 22.9 Å². The van der Waals surface area contributed by atoms with E-state index in [0.29, 0.717) is 0 Å². The molecule has 0 aliphatic carbocycles. The number of nitrogens with one attached hydrogen (secondary N) is 2. The molecule has 1 aromatic carbocycles. The number of benzene rings is 1. The fraction of sp³-hybridized carbons (Fsp3) is 0.385. The monoisotopic (exact) mass is 328 g/mol. The molecule has 0 bridgehead atoms. The molecule has 0 spiro atoms. The van der Waals surface area contributed by atoms with Crippen LogP contribution in [-0.4, -0.2) is 64.3 Å². The minimum atomic E-state index is -3.61. The molecule has 0 aliphatic rings. The summed E-state index contributed by atoms with van der Waals surface area (Å²) in [6, 6.07) is 5.64. The Balaban J connectivity index is 2.82. The van der Waals surface area contributed by atoms with Gasteiger partial charge >= 0.3 is 0 Å². The zero-order chi connectivity index (χ0) is 16.9. The van der Waals surface area contributed by atoms with Crippen LogP contribution in [0.1, 0.15) is 10.4 Å². The fourth-order valence-corrected chi connectivity index (χ4v) is 2.51. The number of hydrogen-bond donors (Lipinski definition) is 2. The Labute approximate surface area is 130 Å². The predicted molar refractivity (Wildman–Crippen MR) is 81.5 cm³/mol.